The number of hydrogen-bond donors (Lipinski definition) is 1. The second kappa shape index (κ2) is 9.74. The SMILES string of the molecule is CC(Oc1cccc(Cl)c1)C(=O)NCc1ccccc1CN1CCOCC1. The van der Waals surface area contributed by atoms with Gasteiger partial charge in [-0.1, -0.05) is 41.9 Å². The summed E-state index contributed by atoms with van der Waals surface area (Å²) in [4.78, 5) is 14.8. The molecule has 0 aliphatic carbocycles. The van der Waals surface area contributed by atoms with E-state index in [4.69, 9.17) is 21.1 Å². The first-order valence-electron chi connectivity index (χ1n) is 9.18. The van der Waals surface area contributed by atoms with Gasteiger partial charge < -0.3 is 14.8 Å². The van der Waals surface area contributed by atoms with Gasteiger partial charge in [0.1, 0.15) is 5.75 Å². The molecular formula is C21H25ClN2O3. The van der Waals surface area contributed by atoms with Gasteiger partial charge in [0.15, 0.2) is 6.10 Å². The molecule has 1 heterocycles. The highest BCUT2D eigenvalue weighted by atomic mass is 35.5. The Kier molecular flexibility index (Phi) is 7.10. The van der Waals surface area contributed by atoms with Gasteiger partial charge >= 0.3 is 0 Å². The van der Waals surface area contributed by atoms with Crippen molar-refractivity contribution in [2.75, 3.05) is 26.3 Å². The van der Waals surface area contributed by atoms with Crippen LogP contribution >= 0.6 is 11.6 Å². The van der Waals surface area contributed by atoms with E-state index < -0.39 is 6.10 Å². The largest absolute Gasteiger partial charge is 0.481 e. The van der Waals surface area contributed by atoms with Gasteiger partial charge in [-0.2, -0.15) is 0 Å². The Morgan fingerprint density at radius 1 is 1.19 bits per heavy atom. The van der Waals surface area contributed by atoms with E-state index in [9.17, 15) is 4.79 Å². The summed E-state index contributed by atoms with van der Waals surface area (Å²) in [6.45, 7) is 6.49. The molecule has 1 aliphatic rings. The third kappa shape index (κ3) is 5.96. The Balaban J connectivity index is 1.55. The van der Waals surface area contributed by atoms with Crippen LogP contribution in [0.1, 0.15) is 18.1 Å². The lowest BCUT2D eigenvalue weighted by Gasteiger charge is -2.27. The maximum atomic E-state index is 12.4. The third-order valence-electron chi connectivity index (χ3n) is 4.55. The van der Waals surface area contributed by atoms with Gasteiger partial charge in [0, 0.05) is 31.2 Å². The van der Waals surface area contributed by atoms with Crippen LogP contribution in [0, 0.1) is 0 Å². The molecule has 1 amide bonds. The van der Waals surface area contributed by atoms with Crippen LogP contribution in [-0.4, -0.2) is 43.2 Å². The number of carbonyl (C=O) groups excluding carboxylic acids is 1. The summed E-state index contributed by atoms with van der Waals surface area (Å²) >= 11 is 5.95. The number of rotatable bonds is 7. The Hall–Kier alpha value is -2.08. The summed E-state index contributed by atoms with van der Waals surface area (Å²) in [6, 6.07) is 15.2. The molecule has 0 saturated carbocycles. The molecule has 3 rings (SSSR count). The molecule has 0 radical (unpaired) electrons. The van der Waals surface area contributed by atoms with Gasteiger partial charge in [0.2, 0.25) is 0 Å². The van der Waals surface area contributed by atoms with Crippen molar-refractivity contribution in [1.29, 1.82) is 0 Å². The van der Waals surface area contributed by atoms with Crippen LogP contribution in [0.2, 0.25) is 5.02 Å². The van der Waals surface area contributed by atoms with Crippen molar-refractivity contribution in [3.05, 3.63) is 64.7 Å². The molecule has 0 aromatic heterocycles. The van der Waals surface area contributed by atoms with Gasteiger partial charge in [-0.05, 0) is 36.2 Å². The standard InChI is InChI=1S/C21H25ClN2O3/c1-16(27-20-8-4-7-19(22)13-20)21(25)23-14-17-5-2-3-6-18(17)15-24-9-11-26-12-10-24/h2-8,13,16H,9-12,14-15H2,1H3,(H,23,25). The zero-order valence-electron chi connectivity index (χ0n) is 15.5. The molecule has 0 bridgehead atoms. The fourth-order valence-electron chi connectivity index (χ4n) is 3.01. The summed E-state index contributed by atoms with van der Waals surface area (Å²) in [5.74, 6) is 0.425. The maximum absolute atomic E-state index is 12.4. The van der Waals surface area contributed by atoms with Crippen LogP contribution in [0.25, 0.3) is 0 Å². The van der Waals surface area contributed by atoms with Crippen molar-refractivity contribution in [3.8, 4) is 5.75 Å². The Bertz CT molecular complexity index is 763. The first-order valence-corrected chi connectivity index (χ1v) is 9.56. The first-order chi connectivity index (χ1) is 13.1. The molecule has 27 heavy (non-hydrogen) atoms. The van der Waals surface area contributed by atoms with Crippen LogP contribution in [0.5, 0.6) is 5.75 Å². The number of morpholine rings is 1. The van der Waals surface area contributed by atoms with Crippen LogP contribution in [0.15, 0.2) is 48.5 Å². The molecule has 1 saturated heterocycles. The second-order valence-corrected chi connectivity index (χ2v) is 7.03. The highest BCUT2D eigenvalue weighted by molar-refractivity contribution is 6.30. The molecule has 1 fully saturated rings. The molecule has 144 valence electrons. The normalized spacial score (nSPS) is 15.9. The molecule has 1 unspecified atom stereocenters. The van der Waals surface area contributed by atoms with Crippen molar-refractivity contribution in [1.82, 2.24) is 10.2 Å². The molecule has 2 aromatic carbocycles. The smallest absolute Gasteiger partial charge is 0.261 e. The molecule has 1 atom stereocenters. The first kappa shape index (κ1) is 19.7. The molecule has 5 nitrogen and oxygen atoms in total. The average molecular weight is 389 g/mol. The van der Waals surface area contributed by atoms with Crippen molar-refractivity contribution >= 4 is 17.5 Å². The average Bonchev–Trinajstić information content (AvgIpc) is 2.68. The second-order valence-electron chi connectivity index (χ2n) is 6.59. The topological polar surface area (TPSA) is 50.8 Å². The Morgan fingerprint density at radius 3 is 2.67 bits per heavy atom. The van der Waals surface area contributed by atoms with E-state index >= 15 is 0 Å². The fraction of sp³-hybridized carbons (Fsp3) is 0.381. The zero-order valence-corrected chi connectivity index (χ0v) is 16.2. The van der Waals surface area contributed by atoms with E-state index in [-0.39, 0.29) is 5.91 Å². The molecule has 0 spiro atoms. The number of benzene rings is 2. The van der Waals surface area contributed by atoms with Crippen LogP contribution < -0.4 is 10.1 Å². The van der Waals surface area contributed by atoms with E-state index in [1.807, 2.05) is 12.1 Å². The Morgan fingerprint density at radius 2 is 1.93 bits per heavy atom. The highest BCUT2D eigenvalue weighted by Crippen LogP contribution is 2.18. The minimum Gasteiger partial charge on any atom is -0.481 e. The summed E-state index contributed by atoms with van der Waals surface area (Å²) < 4.78 is 11.1. The quantitative estimate of drug-likeness (QED) is 0.791. The van der Waals surface area contributed by atoms with Crippen LogP contribution in [0.4, 0.5) is 0 Å². The number of nitrogens with one attached hydrogen (secondary N) is 1. The van der Waals surface area contributed by atoms with Gasteiger partial charge in [0.25, 0.3) is 5.91 Å². The van der Waals surface area contributed by atoms with Crippen molar-refractivity contribution in [3.63, 3.8) is 0 Å². The van der Waals surface area contributed by atoms with Gasteiger partial charge in [-0.3, -0.25) is 9.69 Å². The molecule has 1 N–H and O–H groups in total. The van der Waals surface area contributed by atoms with Crippen molar-refractivity contribution in [2.24, 2.45) is 0 Å². The summed E-state index contributed by atoms with van der Waals surface area (Å²) in [7, 11) is 0. The highest BCUT2D eigenvalue weighted by Gasteiger charge is 2.16. The van der Waals surface area contributed by atoms with Crippen LogP contribution in [0.3, 0.4) is 0 Å². The minimum atomic E-state index is -0.602. The lowest BCUT2D eigenvalue weighted by atomic mass is 10.1. The molecule has 6 heteroatoms. The number of ether oxygens (including phenoxy) is 2. The Labute approximate surface area is 165 Å². The van der Waals surface area contributed by atoms with Crippen molar-refractivity contribution < 1.29 is 14.3 Å². The minimum absolute atomic E-state index is 0.156. The van der Waals surface area contributed by atoms with Crippen molar-refractivity contribution in [2.45, 2.75) is 26.1 Å². The summed E-state index contributed by atoms with van der Waals surface area (Å²) in [5, 5.41) is 3.55. The number of nitrogens with zero attached hydrogens (tertiary/aromatic N) is 1. The summed E-state index contributed by atoms with van der Waals surface area (Å²) in [6.07, 6.45) is -0.602. The number of halogens is 1. The van der Waals surface area contributed by atoms with Gasteiger partial charge in [-0.15, -0.1) is 0 Å². The lowest BCUT2D eigenvalue weighted by Crippen LogP contribution is -2.37. The third-order valence-corrected chi connectivity index (χ3v) is 4.78. The molecular weight excluding hydrogens is 364 g/mol. The zero-order chi connectivity index (χ0) is 19.1. The molecule has 2 aromatic rings. The summed E-state index contributed by atoms with van der Waals surface area (Å²) in [5.41, 5.74) is 2.34. The van der Waals surface area contributed by atoms with Crippen LogP contribution in [-0.2, 0) is 22.6 Å². The van der Waals surface area contributed by atoms with E-state index in [2.05, 4.69) is 22.3 Å². The fourth-order valence-corrected chi connectivity index (χ4v) is 3.19. The van der Waals surface area contributed by atoms with E-state index in [0.29, 0.717) is 17.3 Å². The predicted molar refractivity (Wildman–Crippen MR) is 106 cm³/mol. The molecule has 1 aliphatic heterocycles. The van der Waals surface area contributed by atoms with E-state index in [1.54, 1.807) is 31.2 Å². The maximum Gasteiger partial charge on any atom is 0.261 e. The van der Waals surface area contributed by atoms with Gasteiger partial charge in [0.05, 0.1) is 13.2 Å². The predicted octanol–water partition coefficient (Wildman–Crippen LogP) is 3.26. The number of carbonyl (C=O) groups is 1. The van der Waals surface area contributed by atoms with E-state index in [1.165, 1.54) is 5.56 Å². The number of amides is 1. The van der Waals surface area contributed by atoms with E-state index in [0.717, 1.165) is 38.4 Å². The monoisotopic (exact) mass is 388 g/mol. The van der Waals surface area contributed by atoms with Gasteiger partial charge in [-0.25, -0.2) is 0 Å². The lowest BCUT2D eigenvalue weighted by molar-refractivity contribution is -0.127. The number of hydrogen-bond acceptors (Lipinski definition) is 4.